The van der Waals surface area contributed by atoms with Crippen LogP contribution in [0.3, 0.4) is 0 Å². The van der Waals surface area contributed by atoms with Crippen LogP contribution in [0.4, 0.5) is 0 Å². The summed E-state index contributed by atoms with van der Waals surface area (Å²) in [6, 6.07) is 13.6. The van der Waals surface area contributed by atoms with Crippen LogP contribution in [0.1, 0.15) is 48.9 Å². The van der Waals surface area contributed by atoms with Crippen molar-refractivity contribution in [2.45, 2.75) is 38.6 Å². The summed E-state index contributed by atoms with van der Waals surface area (Å²) in [7, 11) is 2.04. The van der Waals surface area contributed by atoms with E-state index >= 15 is 0 Å². The lowest BCUT2D eigenvalue weighted by Gasteiger charge is -2.17. The molecule has 1 N–H and O–H groups in total. The van der Waals surface area contributed by atoms with Crippen LogP contribution in [-0.4, -0.2) is 12.0 Å². The van der Waals surface area contributed by atoms with E-state index in [0.717, 1.165) is 12.8 Å². The Hall–Kier alpha value is -1.67. The third-order valence-corrected chi connectivity index (χ3v) is 3.83. The quantitative estimate of drug-likeness (QED) is 0.853. The Labute approximate surface area is 122 Å². The van der Waals surface area contributed by atoms with Gasteiger partial charge in [0.1, 0.15) is 0 Å². The molecule has 0 amide bonds. The van der Waals surface area contributed by atoms with Gasteiger partial charge in [-0.3, -0.25) is 4.98 Å². The van der Waals surface area contributed by atoms with Crippen LogP contribution in [0, 0.1) is 0 Å². The zero-order valence-corrected chi connectivity index (χ0v) is 12.6. The molecule has 0 saturated carbocycles. The van der Waals surface area contributed by atoms with Gasteiger partial charge in [-0.25, -0.2) is 0 Å². The van der Waals surface area contributed by atoms with Crippen LogP contribution in [0.15, 0.2) is 48.8 Å². The van der Waals surface area contributed by atoms with E-state index in [4.69, 9.17) is 0 Å². The van der Waals surface area contributed by atoms with Gasteiger partial charge < -0.3 is 5.32 Å². The van der Waals surface area contributed by atoms with Gasteiger partial charge in [0, 0.05) is 18.4 Å². The highest BCUT2D eigenvalue weighted by molar-refractivity contribution is 5.27. The topological polar surface area (TPSA) is 24.9 Å². The minimum atomic E-state index is 0.407. The second-order valence-corrected chi connectivity index (χ2v) is 5.56. The maximum absolute atomic E-state index is 4.06. The fourth-order valence-corrected chi connectivity index (χ4v) is 2.45. The molecule has 0 fully saturated rings. The highest BCUT2D eigenvalue weighted by atomic mass is 14.9. The number of pyridine rings is 1. The summed E-state index contributed by atoms with van der Waals surface area (Å²) in [5, 5.41) is 3.42. The van der Waals surface area contributed by atoms with Gasteiger partial charge in [0.15, 0.2) is 0 Å². The highest BCUT2D eigenvalue weighted by Crippen LogP contribution is 2.22. The van der Waals surface area contributed by atoms with Crippen LogP contribution < -0.4 is 5.32 Å². The largest absolute Gasteiger partial charge is 0.313 e. The second-order valence-electron chi connectivity index (χ2n) is 5.56. The first-order valence-corrected chi connectivity index (χ1v) is 7.36. The summed E-state index contributed by atoms with van der Waals surface area (Å²) in [4.78, 5) is 4.06. The first-order valence-electron chi connectivity index (χ1n) is 7.36. The zero-order chi connectivity index (χ0) is 14.4. The molecule has 1 unspecified atom stereocenters. The maximum Gasteiger partial charge on any atom is 0.0320 e. The molecule has 1 atom stereocenters. The number of nitrogens with zero attached hydrogens (tertiary/aromatic N) is 1. The van der Waals surface area contributed by atoms with Crippen molar-refractivity contribution < 1.29 is 0 Å². The minimum absolute atomic E-state index is 0.407. The molecule has 0 spiro atoms. The first-order chi connectivity index (χ1) is 9.70. The lowest BCUT2D eigenvalue weighted by Crippen LogP contribution is -2.17. The molecule has 1 aromatic heterocycles. The van der Waals surface area contributed by atoms with Crippen molar-refractivity contribution in [3.8, 4) is 0 Å². The monoisotopic (exact) mass is 268 g/mol. The third-order valence-electron chi connectivity index (χ3n) is 3.83. The van der Waals surface area contributed by atoms with Crippen molar-refractivity contribution in [1.29, 1.82) is 0 Å². The van der Waals surface area contributed by atoms with Crippen LogP contribution in [0.5, 0.6) is 0 Å². The number of hydrogen-bond donors (Lipinski definition) is 1. The van der Waals surface area contributed by atoms with E-state index in [2.05, 4.69) is 60.5 Å². The second kappa shape index (κ2) is 7.20. The van der Waals surface area contributed by atoms with Gasteiger partial charge in [-0.1, -0.05) is 38.1 Å². The maximum atomic E-state index is 4.06. The molecular weight excluding hydrogens is 244 g/mol. The predicted octanol–water partition coefficient (Wildman–Crippen LogP) is 4.10. The molecular formula is C18H24N2. The Balaban J connectivity index is 2.01. The number of hydrogen-bond acceptors (Lipinski definition) is 2. The lowest BCUT2D eigenvalue weighted by atomic mass is 9.96. The average Bonchev–Trinajstić information content (AvgIpc) is 2.49. The Kier molecular flexibility index (Phi) is 5.31. The van der Waals surface area contributed by atoms with Gasteiger partial charge in [0.2, 0.25) is 0 Å². The average molecular weight is 268 g/mol. The molecule has 0 aliphatic heterocycles. The summed E-state index contributed by atoms with van der Waals surface area (Å²) < 4.78 is 0. The van der Waals surface area contributed by atoms with E-state index in [1.54, 1.807) is 0 Å². The Morgan fingerprint density at radius 1 is 0.950 bits per heavy atom. The van der Waals surface area contributed by atoms with Gasteiger partial charge in [-0.05, 0) is 54.6 Å². The summed E-state index contributed by atoms with van der Waals surface area (Å²) >= 11 is 0. The normalized spacial score (nSPS) is 12.6. The van der Waals surface area contributed by atoms with Crippen molar-refractivity contribution >= 4 is 0 Å². The summed E-state index contributed by atoms with van der Waals surface area (Å²) in [5.74, 6) is 0.592. The third kappa shape index (κ3) is 3.91. The molecule has 20 heavy (non-hydrogen) atoms. The van der Waals surface area contributed by atoms with Gasteiger partial charge in [-0.15, -0.1) is 0 Å². The molecule has 0 bridgehead atoms. The summed E-state index contributed by atoms with van der Waals surface area (Å²) in [6.07, 6.45) is 5.89. The van der Waals surface area contributed by atoms with E-state index in [9.17, 15) is 0 Å². The lowest BCUT2D eigenvalue weighted by molar-refractivity contribution is 0.549. The fourth-order valence-electron chi connectivity index (χ4n) is 2.45. The van der Waals surface area contributed by atoms with Crippen LogP contribution in [-0.2, 0) is 6.42 Å². The van der Waals surface area contributed by atoms with Gasteiger partial charge >= 0.3 is 0 Å². The molecule has 2 heteroatoms. The van der Waals surface area contributed by atoms with E-state index < -0.39 is 0 Å². The van der Waals surface area contributed by atoms with Crippen molar-refractivity contribution in [2.24, 2.45) is 0 Å². The number of rotatable bonds is 6. The number of aryl methyl sites for hydroxylation is 1. The molecule has 1 heterocycles. The van der Waals surface area contributed by atoms with Crippen molar-refractivity contribution in [3.05, 3.63) is 65.5 Å². The molecule has 2 rings (SSSR count). The van der Waals surface area contributed by atoms with E-state index in [1.165, 1.54) is 16.7 Å². The molecule has 106 valence electrons. The number of nitrogens with one attached hydrogen (secondary N) is 1. The Morgan fingerprint density at radius 3 is 2.10 bits per heavy atom. The van der Waals surface area contributed by atoms with Crippen molar-refractivity contribution in [3.63, 3.8) is 0 Å². The molecule has 0 aliphatic rings. The molecule has 0 saturated heterocycles. The standard InChI is InChI=1S/C18H24N2/c1-14(2)16-5-7-17(8-6-16)18(19-3)9-4-15-10-12-20-13-11-15/h5-8,10-14,18-19H,4,9H2,1-3H3. The molecule has 2 aromatic rings. The van der Waals surface area contributed by atoms with Crippen LogP contribution >= 0.6 is 0 Å². The summed E-state index contributed by atoms with van der Waals surface area (Å²) in [5.41, 5.74) is 4.11. The van der Waals surface area contributed by atoms with Crippen molar-refractivity contribution in [2.75, 3.05) is 7.05 Å². The first kappa shape index (κ1) is 14.7. The van der Waals surface area contributed by atoms with Gasteiger partial charge in [-0.2, -0.15) is 0 Å². The van der Waals surface area contributed by atoms with E-state index in [0.29, 0.717) is 12.0 Å². The van der Waals surface area contributed by atoms with Gasteiger partial charge in [0.05, 0.1) is 0 Å². The molecule has 0 radical (unpaired) electrons. The minimum Gasteiger partial charge on any atom is -0.313 e. The molecule has 1 aromatic carbocycles. The highest BCUT2D eigenvalue weighted by Gasteiger charge is 2.09. The predicted molar refractivity (Wildman–Crippen MR) is 84.9 cm³/mol. The van der Waals surface area contributed by atoms with E-state index in [-0.39, 0.29) is 0 Å². The number of aromatic nitrogens is 1. The Bertz CT molecular complexity index is 503. The van der Waals surface area contributed by atoms with Crippen LogP contribution in [0.2, 0.25) is 0 Å². The van der Waals surface area contributed by atoms with Gasteiger partial charge in [0.25, 0.3) is 0 Å². The van der Waals surface area contributed by atoms with E-state index in [1.807, 2.05) is 19.4 Å². The number of benzene rings is 1. The fraction of sp³-hybridized carbons (Fsp3) is 0.389. The molecule has 0 aliphatic carbocycles. The Morgan fingerprint density at radius 2 is 1.55 bits per heavy atom. The van der Waals surface area contributed by atoms with Crippen molar-refractivity contribution in [1.82, 2.24) is 10.3 Å². The van der Waals surface area contributed by atoms with Crippen LogP contribution in [0.25, 0.3) is 0 Å². The smallest absolute Gasteiger partial charge is 0.0320 e. The molecule has 2 nitrogen and oxygen atoms in total. The SMILES string of the molecule is CNC(CCc1ccncc1)c1ccc(C(C)C)cc1. The summed E-state index contributed by atoms with van der Waals surface area (Å²) in [6.45, 7) is 4.46. The zero-order valence-electron chi connectivity index (χ0n) is 12.6.